The Morgan fingerprint density at radius 2 is 1.77 bits per heavy atom. The Balaban J connectivity index is 1.87. The number of nitrogens with zero attached hydrogens (tertiary/aromatic N) is 1. The summed E-state index contributed by atoms with van der Waals surface area (Å²) in [6.45, 7) is 2.06. The van der Waals surface area contributed by atoms with Crippen molar-refractivity contribution in [2.24, 2.45) is 0 Å². The van der Waals surface area contributed by atoms with Gasteiger partial charge in [0.15, 0.2) is 11.9 Å². The topological polar surface area (TPSA) is 52.3 Å². The van der Waals surface area contributed by atoms with E-state index in [1.165, 1.54) is 7.11 Å². The molecule has 0 amide bonds. The van der Waals surface area contributed by atoms with Crippen LogP contribution in [0.2, 0.25) is 0 Å². The molecule has 4 heteroatoms. The van der Waals surface area contributed by atoms with E-state index < -0.39 is 0 Å². The van der Waals surface area contributed by atoms with Crippen molar-refractivity contribution in [3.05, 3.63) is 71.8 Å². The lowest BCUT2D eigenvalue weighted by molar-refractivity contribution is 0.112. The molecule has 0 saturated carbocycles. The van der Waals surface area contributed by atoms with Gasteiger partial charge in [-0.2, -0.15) is 0 Å². The fourth-order valence-corrected chi connectivity index (χ4v) is 3.15. The minimum atomic E-state index is 0.453. The molecule has 128 valence electrons. The Kier molecular flexibility index (Phi) is 4.01. The minimum absolute atomic E-state index is 0.453. The quantitative estimate of drug-likeness (QED) is 0.472. The molecule has 1 aromatic heterocycles. The minimum Gasteiger partial charge on any atom is -0.496 e. The summed E-state index contributed by atoms with van der Waals surface area (Å²) in [6.07, 6.45) is 0.758. The van der Waals surface area contributed by atoms with Gasteiger partial charge < -0.3 is 9.15 Å². The van der Waals surface area contributed by atoms with Crippen molar-refractivity contribution in [3.63, 3.8) is 0 Å². The molecule has 0 saturated heterocycles. The summed E-state index contributed by atoms with van der Waals surface area (Å²) in [7, 11) is 1.53. The molecule has 4 rings (SSSR count). The van der Waals surface area contributed by atoms with Gasteiger partial charge in [0.25, 0.3) is 0 Å². The van der Waals surface area contributed by atoms with E-state index in [9.17, 15) is 4.79 Å². The van der Waals surface area contributed by atoms with E-state index in [0.717, 1.165) is 28.5 Å². The predicted octanol–water partition coefficient (Wildman–Crippen LogP) is 5.29. The van der Waals surface area contributed by atoms with Crippen LogP contribution in [0.1, 0.15) is 15.9 Å². The second-order valence-corrected chi connectivity index (χ2v) is 6.04. The van der Waals surface area contributed by atoms with Crippen LogP contribution in [0, 0.1) is 6.92 Å². The van der Waals surface area contributed by atoms with Crippen molar-refractivity contribution in [1.29, 1.82) is 0 Å². The fourth-order valence-electron chi connectivity index (χ4n) is 3.15. The molecule has 0 aliphatic carbocycles. The van der Waals surface area contributed by atoms with Crippen molar-refractivity contribution in [3.8, 4) is 28.3 Å². The molecule has 0 bridgehead atoms. The number of methoxy groups -OCH3 is 1. The van der Waals surface area contributed by atoms with Crippen LogP contribution in [-0.2, 0) is 0 Å². The highest BCUT2D eigenvalue weighted by Gasteiger charge is 2.15. The summed E-state index contributed by atoms with van der Waals surface area (Å²) in [5, 5.41) is 0. The van der Waals surface area contributed by atoms with Gasteiger partial charge in [0, 0.05) is 11.6 Å². The second kappa shape index (κ2) is 6.48. The number of oxazole rings is 1. The molecule has 4 nitrogen and oxygen atoms in total. The Hall–Kier alpha value is -3.40. The number of aromatic nitrogens is 1. The Morgan fingerprint density at radius 1 is 1.00 bits per heavy atom. The maximum absolute atomic E-state index is 11.2. The molecular weight excluding hydrogens is 326 g/mol. The van der Waals surface area contributed by atoms with Gasteiger partial charge >= 0.3 is 0 Å². The number of carbonyl (C=O) groups is 1. The number of ether oxygens (including phenoxy) is 1. The first kappa shape index (κ1) is 16.1. The zero-order chi connectivity index (χ0) is 18.1. The van der Waals surface area contributed by atoms with Crippen molar-refractivity contribution in [1.82, 2.24) is 4.98 Å². The molecule has 26 heavy (non-hydrogen) atoms. The first-order valence-corrected chi connectivity index (χ1v) is 8.30. The summed E-state index contributed by atoms with van der Waals surface area (Å²) in [6, 6.07) is 19.7. The van der Waals surface area contributed by atoms with E-state index in [-0.39, 0.29) is 0 Å². The highest BCUT2D eigenvalue weighted by atomic mass is 16.5. The third kappa shape index (κ3) is 2.65. The van der Waals surface area contributed by atoms with Crippen LogP contribution in [0.15, 0.2) is 65.1 Å². The molecule has 1 heterocycles. The van der Waals surface area contributed by atoms with E-state index in [0.29, 0.717) is 28.3 Å². The number of fused-ring (bicyclic) bond motifs is 1. The zero-order valence-corrected chi connectivity index (χ0v) is 14.5. The van der Waals surface area contributed by atoms with Crippen molar-refractivity contribution in [2.45, 2.75) is 6.92 Å². The molecule has 0 unspecified atom stereocenters. The maximum atomic E-state index is 11.2. The number of hydrogen-bond donors (Lipinski definition) is 0. The number of hydrogen-bond acceptors (Lipinski definition) is 4. The second-order valence-electron chi connectivity index (χ2n) is 6.04. The SMILES string of the molecule is COc1cc2oc(-c3cccc(-c4ccccc4)c3C)nc2cc1C=O. The lowest BCUT2D eigenvalue weighted by Gasteiger charge is -2.09. The highest BCUT2D eigenvalue weighted by molar-refractivity contribution is 5.89. The summed E-state index contributed by atoms with van der Waals surface area (Å²) in [5.41, 5.74) is 5.97. The Morgan fingerprint density at radius 3 is 2.50 bits per heavy atom. The lowest BCUT2D eigenvalue weighted by atomic mass is 9.96. The number of aldehydes is 1. The summed E-state index contributed by atoms with van der Waals surface area (Å²) in [5.74, 6) is 1.00. The van der Waals surface area contributed by atoms with Crippen LogP contribution in [-0.4, -0.2) is 18.4 Å². The third-order valence-corrected chi connectivity index (χ3v) is 4.52. The summed E-state index contributed by atoms with van der Waals surface area (Å²) in [4.78, 5) is 15.8. The highest BCUT2D eigenvalue weighted by Crippen LogP contribution is 2.34. The summed E-state index contributed by atoms with van der Waals surface area (Å²) < 4.78 is 11.2. The normalized spacial score (nSPS) is 10.8. The molecule has 0 atom stereocenters. The molecule has 0 aliphatic rings. The largest absolute Gasteiger partial charge is 0.496 e. The van der Waals surface area contributed by atoms with Crippen LogP contribution < -0.4 is 4.74 Å². The average Bonchev–Trinajstić information content (AvgIpc) is 3.10. The van der Waals surface area contributed by atoms with Gasteiger partial charge in [-0.05, 0) is 35.7 Å². The van der Waals surface area contributed by atoms with Gasteiger partial charge in [-0.25, -0.2) is 4.98 Å². The molecule has 4 aromatic rings. The first-order chi connectivity index (χ1) is 12.7. The number of rotatable bonds is 4. The standard InChI is InChI=1S/C22H17NO3/c1-14-17(15-7-4-3-5-8-15)9-6-10-18(14)22-23-19-11-16(13-24)20(25-2)12-21(19)26-22/h3-13H,1-2H3. The molecule has 0 fully saturated rings. The van der Waals surface area contributed by atoms with E-state index in [1.807, 2.05) is 30.3 Å². The van der Waals surface area contributed by atoms with Crippen LogP contribution in [0.25, 0.3) is 33.7 Å². The molecule has 3 aromatic carbocycles. The molecular formula is C22H17NO3. The number of benzene rings is 3. The smallest absolute Gasteiger partial charge is 0.227 e. The monoisotopic (exact) mass is 343 g/mol. The average molecular weight is 343 g/mol. The number of carbonyl (C=O) groups excluding carboxylic acids is 1. The maximum Gasteiger partial charge on any atom is 0.227 e. The van der Waals surface area contributed by atoms with Crippen molar-refractivity contribution >= 4 is 17.4 Å². The molecule has 0 spiro atoms. The van der Waals surface area contributed by atoms with Gasteiger partial charge in [-0.3, -0.25) is 4.79 Å². The Bertz CT molecular complexity index is 1100. The van der Waals surface area contributed by atoms with Gasteiger partial charge in [0.1, 0.15) is 11.3 Å². The van der Waals surface area contributed by atoms with Crippen molar-refractivity contribution < 1.29 is 13.9 Å². The van der Waals surface area contributed by atoms with Gasteiger partial charge in [-0.15, -0.1) is 0 Å². The molecule has 0 aliphatic heterocycles. The van der Waals surface area contributed by atoms with Crippen LogP contribution in [0.3, 0.4) is 0 Å². The zero-order valence-electron chi connectivity index (χ0n) is 14.5. The van der Waals surface area contributed by atoms with Gasteiger partial charge in [0.2, 0.25) is 5.89 Å². The predicted molar refractivity (Wildman–Crippen MR) is 102 cm³/mol. The van der Waals surface area contributed by atoms with Gasteiger partial charge in [-0.1, -0.05) is 42.5 Å². The van der Waals surface area contributed by atoms with Crippen molar-refractivity contribution in [2.75, 3.05) is 7.11 Å². The van der Waals surface area contributed by atoms with Gasteiger partial charge in [0.05, 0.1) is 12.7 Å². The summed E-state index contributed by atoms with van der Waals surface area (Å²) >= 11 is 0. The van der Waals surface area contributed by atoms with E-state index in [4.69, 9.17) is 9.15 Å². The molecule has 0 N–H and O–H groups in total. The third-order valence-electron chi connectivity index (χ3n) is 4.52. The van der Waals surface area contributed by atoms with E-state index in [1.54, 1.807) is 12.1 Å². The first-order valence-electron chi connectivity index (χ1n) is 8.30. The van der Waals surface area contributed by atoms with Crippen LogP contribution in [0.5, 0.6) is 5.75 Å². The Labute approximate surface area is 151 Å². The van der Waals surface area contributed by atoms with E-state index >= 15 is 0 Å². The lowest BCUT2D eigenvalue weighted by Crippen LogP contribution is -1.90. The van der Waals surface area contributed by atoms with Crippen LogP contribution >= 0.6 is 0 Å². The fraction of sp³-hybridized carbons (Fsp3) is 0.0909. The molecule has 0 radical (unpaired) electrons. The van der Waals surface area contributed by atoms with Crippen LogP contribution in [0.4, 0.5) is 0 Å². The van der Waals surface area contributed by atoms with E-state index in [2.05, 4.69) is 30.1 Å².